The van der Waals surface area contributed by atoms with Gasteiger partial charge in [0.25, 0.3) is 11.5 Å². The maximum Gasteiger partial charge on any atom is 0.305 e. The van der Waals surface area contributed by atoms with Crippen LogP contribution in [-0.2, 0) is 27.3 Å². The van der Waals surface area contributed by atoms with Gasteiger partial charge in [-0.3, -0.25) is 24.0 Å². The zero-order valence-corrected chi connectivity index (χ0v) is 24.7. The Morgan fingerprint density at radius 2 is 1.46 bits per heavy atom. The van der Waals surface area contributed by atoms with E-state index in [1.165, 1.54) is 10.6 Å². The number of amides is 2. The average molecular weight is 618 g/mol. The Morgan fingerprint density at radius 1 is 0.783 bits per heavy atom. The van der Waals surface area contributed by atoms with Crippen molar-refractivity contribution in [1.82, 2.24) is 9.88 Å². The maximum atomic E-state index is 13.8. The Labute approximate surface area is 264 Å². The van der Waals surface area contributed by atoms with Gasteiger partial charge in [0.05, 0.1) is 6.42 Å². The van der Waals surface area contributed by atoms with Gasteiger partial charge in [0.15, 0.2) is 5.78 Å². The molecule has 2 amide bonds. The lowest BCUT2D eigenvalue weighted by Crippen LogP contribution is -2.46. The summed E-state index contributed by atoms with van der Waals surface area (Å²) in [5.74, 6) is -2.78. The monoisotopic (exact) mass is 617 g/mol. The lowest BCUT2D eigenvalue weighted by Gasteiger charge is -2.19. The summed E-state index contributed by atoms with van der Waals surface area (Å²) in [5, 5.41) is 16.1. The molecule has 46 heavy (non-hydrogen) atoms. The number of hydrogen-bond donors (Lipinski definition) is 3. The third-order valence-corrected chi connectivity index (χ3v) is 7.30. The molecular formula is C36H31N3O7. The molecule has 0 aliphatic carbocycles. The Bertz CT molecular complexity index is 1930. The summed E-state index contributed by atoms with van der Waals surface area (Å²) in [5.41, 5.74) is 1.05. The molecule has 5 aromatic rings. The van der Waals surface area contributed by atoms with E-state index in [9.17, 15) is 29.1 Å². The molecule has 1 atom stereocenters. The number of anilines is 1. The number of aromatic nitrogens is 1. The van der Waals surface area contributed by atoms with Crippen molar-refractivity contribution in [2.45, 2.75) is 25.4 Å². The fourth-order valence-corrected chi connectivity index (χ4v) is 5.03. The van der Waals surface area contributed by atoms with Gasteiger partial charge in [0.2, 0.25) is 5.91 Å². The van der Waals surface area contributed by atoms with Gasteiger partial charge in [-0.1, -0.05) is 84.9 Å². The molecule has 1 aromatic heterocycles. The molecule has 10 heteroatoms. The normalized spacial score (nSPS) is 11.4. The van der Waals surface area contributed by atoms with Crippen molar-refractivity contribution < 1.29 is 29.0 Å². The van der Waals surface area contributed by atoms with Crippen LogP contribution >= 0.6 is 0 Å². The SMILES string of the molecule is O=C(O)C[C@H](NC(=O)Cn1c(Cc2ccccc2)ccc(NC(=O)c2cccc3ccccc23)c1=O)C(=O)COc1ccccc1. The number of aliphatic carboxylic acids is 1. The Kier molecular flexibility index (Phi) is 9.99. The molecule has 0 bridgehead atoms. The van der Waals surface area contributed by atoms with Gasteiger partial charge in [-0.15, -0.1) is 0 Å². The summed E-state index contributed by atoms with van der Waals surface area (Å²) in [6, 6.07) is 32.2. The summed E-state index contributed by atoms with van der Waals surface area (Å²) < 4.78 is 6.67. The van der Waals surface area contributed by atoms with Crippen molar-refractivity contribution in [3.05, 3.63) is 142 Å². The number of carboxylic acid groups (broad SMARTS) is 1. The largest absolute Gasteiger partial charge is 0.486 e. The van der Waals surface area contributed by atoms with Gasteiger partial charge in [-0.05, 0) is 46.7 Å². The standard InChI is InChI=1S/C36H31N3O7/c40-32(23-46-27-14-5-2-6-15-27)31(21-34(42)43)37-33(41)22-39-26(20-24-10-3-1-4-11-24)18-19-30(36(39)45)38-35(44)29-17-9-13-25-12-7-8-16-28(25)29/h1-19,31H,20-23H2,(H,37,41)(H,38,44)(H,42,43)/t31-/m0/s1. The van der Waals surface area contributed by atoms with E-state index in [0.29, 0.717) is 28.8 Å². The van der Waals surface area contributed by atoms with Crippen LogP contribution in [0.3, 0.4) is 0 Å². The molecule has 0 unspecified atom stereocenters. The second kappa shape index (κ2) is 14.6. The predicted octanol–water partition coefficient (Wildman–Crippen LogP) is 4.45. The molecular weight excluding hydrogens is 586 g/mol. The van der Waals surface area contributed by atoms with Crippen LogP contribution in [0.25, 0.3) is 10.8 Å². The molecule has 0 saturated carbocycles. The van der Waals surface area contributed by atoms with Gasteiger partial charge >= 0.3 is 5.97 Å². The van der Waals surface area contributed by atoms with Gasteiger partial charge in [0.1, 0.15) is 30.6 Å². The van der Waals surface area contributed by atoms with Crippen LogP contribution < -0.4 is 20.9 Å². The molecule has 0 spiro atoms. The topological polar surface area (TPSA) is 144 Å². The van der Waals surface area contributed by atoms with Gasteiger partial charge in [-0.25, -0.2) is 0 Å². The van der Waals surface area contributed by atoms with E-state index >= 15 is 0 Å². The third kappa shape index (κ3) is 7.92. The lowest BCUT2D eigenvalue weighted by molar-refractivity contribution is -0.140. The number of carbonyl (C=O) groups excluding carboxylic acids is 3. The highest BCUT2D eigenvalue weighted by Gasteiger charge is 2.25. The number of hydrogen-bond acceptors (Lipinski definition) is 6. The maximum absolute atomic E-state index is 13.8. The second-order valence-corrected chi connectivity index (χ2v) is 10.6. The fourth-order valence-electron chi connectivity index (χ4n) is 5.03. The number of pyridine rings is 1. The lowest BCUT2D eigenvalue weighted by atomic mass is 10.0. The molecule has 0 saturated heterocycles. The van der Waals surface area contributed by atoms with Gasteiger partial charge in [0, 0.05) is 17.7 Å². The quantitative estimate of drug-likeness (QED) is 0.177. The molecule has 4 aromatic carbocycles. The number of Topliss-reactive ketones (excluding diaryl/α,β-unsaturated/α-hetero) is 1. The van der Waals surface area contributed by atoms with Crippen LogP contribution in [0.15, 0.2) is 120 Å². The minimum atomic E-state index is -1.39. The first kappa shape index (κ1) is 31.4. The van der Waals surface area contributed by atoms with Crippen molar-refractivity contribution >= 4 is 40.0 Å². The van der Waals surface area contributed by atoms with Crippen LogP contribution in [0, 0.1) is 0 Å². The number of fused-ring (bicyclic) bond motifs is 1. The van der Waals surface area contributed by atoms with E-state index in [1.54, 1.807) is 48.5 Å². The van der Waals surface area contributed by atoms with Crippen molar-refractivity contribution in [2.75, 3.05) is 11.9 Å². The summed E-state index contributed by atoms with van der Waals surface area (Å²) in [4.78, 5) is 64.9. The molecule has 0 radical (unpaired) electrons. The van der Waals surface area contributed by atoms with Crippen LogP contribution in [0.4, 0.5) is 5.69 Å². The predicted molar refractivity (Wildman–Crippen MR) is 173 cm³/mol. The Morgan fingerprint density at radius 3 is 2.20 bits per heavy atom. The first-order valence-corrected chi connectivity index (χ1v) is 14.6. The smallest absolute Gasteiger partial charge is 0.305 e. The minimum Gasteiger partial charge on any atom is -0.486 e. The molecule has 5 rings (SSSR count). The highest BCUT2D eigenvalue weighted by Crippen LogP contribution is 2.20. The minimum absolute atomic E-state index is 0.0445. The number of rotatable bonds is 13. The Balaban J connectivity index is 1.39. The number of nitrogens with zero attached hydrogens (tertiary/aromatic N) is 1. The van der Waals surface area contributed by atoms with Crippen molar-refractivity contribution in [3.63, 3.8) is 0 Å². The summed E-state index contributed by atoms with van der Waals surface area (Å²) in [6.45, 7) is -0.987. The average Bonchev–Trinajstić information content (AvgIpc) is 3.06. The van der Waals surface area contributed by atoms with Crippen molar-refractivity contribution in [2.24, 2.45) is 0 Å². The third-order valence-electron chi connectivity index (χ3n) is 7.30. The van der Waals surface area contributed by atoms with E-state index in [0.717, 1.165) is 10.9 Å². The van der Waals surface area contributed by atoms with Crippen LogP contribution in [0.2, 0.25) is 0 Å². The van der Waals surface area contributed by atoms with Gasteiger partial charge in [-0.2, -0.15) is 0 Å². The summed E-state index contributed by atoms with van der Waals surface area (Å²) in [6.07, 6.45) is -0.376. The van der Waals surface area contributed by atoms with E-state index in [1.807, 2.05) is 60.7 Å². The fraction of sp³-hybridized carbons (Fsp3) is 0.139. The van der Waals surface area contributed by atoms with E-state index < -0.39 is 54.7 Å². The zero-order valence-electron chi connectivity index (χ0n) is 24.7. The number of nitrogens with one attached hydrogen (secondary N) is 2. The molecule has 10 nitrogen and oxygen atoms in total. The molecule has 0 fully saturated rings. The first-order chi connectivity index (χ1) is 22.3. The second-order valence-electron chi connectivity index (χ2n) is 10.6. The van der Waals surface area contributed by atoms with Gasteiger partial charge < -0.3 is 25.0 Å². The van der Waals surface area contributed by atoms with E-state index in [-0.39, 0.29) is 5.69 Å². The van der Waals surface area contributed by atoms with Crippen molar-refractivity contribution in [1.29, 1.82) is 0 Å². The number of para-hydroxylation sites is 1. The number of carboxylic acids is 1. The highest BCUT2D eigenvalue weighted by atomic mass is 16.5. The van der Waals surface area contributed by atoms with Crippen LogP contribution in [0.5, 0.6) is 5.75 Å². The van der Waals surface area contributed by atoms with Crippen LogP contribution in [-0.4, -0.2) is 45.9 Å². The van der Waals surface area contributed by atoms with E-state index in [4.69, 9.17) is 4.74 Å². The highest BCUT2D eigenvalue weighted by molar-refractivity contribution is 6.12. The summed E-state index contributed by atoms with van der Waals surface area (Å²) >= 11 is 0. The zero-order chi connectivity index (χ0) is 32.5. The first-order valence-electron chi connectivity index (χ1n) is 14.6. The van der Waals surface area contributed by atoms with E-state index in [2.05, 4.69) is 10.6 Å². The van der Waals surface area contributed by atoms with Crippen molar-refractivity contribution in [3.8, 4) is 5.75 Å². The Hall–Kier alpha value is -6.03. The number of ether oxygens (including phenoxy) is 1. The number of benzene rings is 4. The molecule has 1 heterocycles. The van der Waals surface area contributed by atoms with Crippen LogP contribution in [0.1, 0.15) is 28.0 Å². The molecule has 0 aliphatic heterocycles. The number of carbonyl (C=O) groups is 4. The molecule has 3 N–H and O–H groups in total. The molecule has 0 aliphatic rings. The number of ketones is 1. The molecule has 232 valence electrons. The summed E-state index contributed by atoms with van der Waals surface area (Å²) in [7, 11) is 0.